The third-order valence-corrected chi connectivity index (χ3v) is 2.41. The molecule has 1 fully saturated rings. The van der Waals surface area contributed by atoms with E-state index in [1.54, 1.807) is 6.92 Å². The molecule has 0 radical (unpaired) electrons. The summed E-state index contributed by atoms with van der Waals surface area (Å²) in [6, 6.07) is 0. The van der Waals surface area contributed by atoms with E-state index in [-0.39, 0.29) is 24.4 Å². The number of carbonyl (C=O) groups excluding carboxylic acids is 2. The molecule has 1 atom stereocenters. The second-order valence-electron chi connectivity index (χ2n) is 3.70. The SMILES string of the molecule is CCOC(=O)CCNC(=O)C1CCCCO1. The maximum absolute atomic E-state index is 11.5. The van der Waals surface area contributed by atoms with E-state index in [1.165, 1.54) is 0 Å². The Balaban J connectivity index is 2.12. The van der Waals surface area contributed by atoms with Gasteiger partial charge in [0.25, 0.3) is 0 Å². The second-order valence-corrected chi connectivity index (χ2v) is 3.70. The molecule has 5 nitrogen and oxygen atoms in total. The quantitative estimate of drug-likeness (QED) is 0.702. The predicted octanol–water partition coefficient (Wildman–Crippen LogP) is 0.625. The zero-order valence-electron chi connectivity index (χ0n) is 9.66. The van der Waals surface area contributed by atoms with Crippen LogP contribution in [0.4, 0.5) is 0 Å². The molecule has 1 N–H and O–H groups in total. The van der Waals surface area contributed by atoms with E-state index < -0.39 is 0 Å². The Morgan fingerprint density at radius 3 is 2.88 bits per heavy atom. The highest BCUT2D eigenvalue weighted by Crippen LogP contribution is 2.12. The topological polar surface area (TPSA) is 64.6 Å². The smallest absolute Gasteiger partial charge is 0.307 e. The van der Waals surface area contributed by atoms with Gasteiger partial charge >= 0.3 is 5.97 Å². The average molecular weight is 229 g/mol. The first-order valence-corrected chi connectivity index (χ1v) is 5.79. The van der Waals surface area contributed by atoms with Crippen molar-refractivity contribution in [2.75, 3.05) is 19.8 Å². The normalized spacial score (nSPS) is 20.2. The third kappa shape index (κ3) is 4.61. The summed E-state index contributed by atoms with van der Waals surface area (Å²) < 4.78 is 10.1. The molecule has 0 aliphatic carbocycles. The van der Waals surface area contributed by atoms with E-state index in [9.17, 15) is 9.59 Å². The number of ether oxygens (including phenoxy) is 2. The van der Waals surface area contributed by atoms with Crippen LogP contribution in [0.3, 0.4) is 0 Å². The molecular weight excluding hydrogens is 210 g/mol. The van der Waals surface area contributed by atoms with Crippen molar-refractivity contribution in [2.45, 2.75) is 38.7 Å². The van der Waals surface area contributed by atoms with E-state index in [1.807, 2.05) is 0 Å². The molecule has 1 heterocycles. The van der Waals surface area contributed by atoms with E-state index in [0.717, 1.165) is 19.3 Å². The number of amides is 1. The fraction of sp³-hybridized carbons (Fsp3) is 0.818. The molecule has 0 aromatic rings. The van der Waals surface area contributed by atoms with Gasteiger partial charge in [-0.3, -0.25) is 9.59 Å². The largest absolute Gasteiger partial charge is 0.466 e. The van der Waals surface area contributed by atoms with E-state index in [0.29, 0.717) is 19.8 Å². The van der Waals surface area contributed by atoms with Crippen molar-refractivity contribution in [2.24, 2.45) is 0 Å². The lowest BCUT2D eigenvalue weighted by atomic mass is 10.1. The summed E-state index contributed by atoms with van der Waals surface area (Å²) >= 11 is 0. The number of carbonyl (C=O) groups is 2. The van der Waals surface area contributed by atoms with Crippen molar-refractivity contribution in [3.8, 4) is 0 Å². The molecule has 1 aliphatic rings. The van der Waals surface area contributed by atoms with E-state index in [4.69, 9.17) is 9.47 Å². The number of nitrogens with one attached hydrogen (secondary N) is 1. The molecule has 0 bridgehead atoms. The van der Waals surface area contributed by atoms with Gasteiger partial charge in [-0.15, -0.1) is 0 Å². The zero-order valence-corrected chi connectivity index (χ0v) is 9.66. The Morgan fingerprint density at radius 2 is 2.25 bits per heavy atom. The minimum Gasteiger partial charge on any atom is -0.466 e. The average Bonchev–Trinajstić information content (AvgIpc) is 2.30. The van der Waals surface area contributed by atoms with Crippen LogP contribution in [-0.4, -0.2) is 37.7 Å². The van der Waals surface area contributed by atoms with Gasteiger partial charge in [0.1, 0.15) is 6.10 Å². The summed E-state index contributed by atoms with van der Waals surface area (Å²) in [5.74, 6) is -0.406. The van der Waals surface area contributed by atoms with Gasteiger partial charge in [-0.05, 0) is 26.2 Å². The van der Waals surface area contributed by atoms with Crippen molar-refractivity contribution < 1.29 is 19.1 Å². The molecule has 0 saturated carbocycles. The van der Waals surface area contributed by atoms with Gasteiger partial charge in [0.15, 0.2) is 0 Å². The molecule has 0 aromatic carbocycles. The Bertz CT molecular complexity index is 236. The Hall–Kier alpha value is -1.10. The van der Waals surface area contributed by atoms with Gasteiger partial charge in [-0.1, -0.05) is 0 Å². The molecule has 1 saturated heterocycles. The van der Waals surface area contributed by atoms with Crippen LogP contribution >= 0.6 is 0 Å². The van der Waals surface area contributed by atoms with Gasteiger partial charge < -0.3 is 14.8 Å². The highest BCUT2D eigenvalue weighted by atomic mass is 16.5. The molecular formula is C11H19NO4. The molecule has 1 aliphatic heterocycles. The van der Waals surface area contributed by atoms with Crippen LogP contribution in [-0.2, 0) is 19.1 Å². The van der Waals surface area contributed by atoms with Gasteiger partial charge in [0, 0.05) is 13.2 Å². The molecule has 0 aromatic heterocycles. The summed E-state index contributed by atoms with van der Waals surface area (Å²) in [6.07, 6.45) is 2.69. The Morgan fingerprint density at radius 1 is 1.44 bits per heavy atom. The van der Waals surface area contributed by atoms with Crippen molar-refractivity contribution in [3.63, 3.8) is 0 Å². The van der Waals surface area contributed by atoms with Crippen LogP contribution in [0.1, 0.15) is 32.6 Å². The van der Waals surface area contributed by atoms with Crippen molar-refractivity contribution in [3.05, 3.63) is 0 Å². The fourth-order valence-corrected chi connectivity index (χ4v) is 1.58. The lowest BCUT2D eigenvalue weighted by Crippen LogP contribution is -2.39. The Labute approximate surface area is 95.5 Å². The van der Waals surface area contributed by atoms with E-state index in [2.05, 4.69) is 5.32 Å². The maximum Gasteiger partial charge on any atom is 0.307 e. The number of hydrogen-bond acceptors (Lipinski definition) is 4. The molecule has 16 heavy (non-hydrogen) atoms. The molecule has 92 valence electrons. The van der Waals surface area contributed by atoms with Gasteiger partial charge in [-0.2, -0.15) is 0 Å². The standard InChI is InChI=1S/C11H19NO4/c1-2-15-10(13)6-7-12-11(14)9-5-3-4-8-16-9/h9H,2-8H2,1H3,(H,12,14). The van der Waals surface area contributed by atoms with Crippen LogP contribution in [0, 0.1) is 0 Å². The number of esters is 1. The zero-order chi connectivity index (χ0) is 11.8. The molecule has 5 heteroatoms. The molecule has 0 spiro atoms. The minimum atomic E-state index is -0.337. The first-order chi connectivity index (χ1) is 7.74. The molecule has 1 unspecified atom stereocenters. The summed E-state index contributed by atoms with van der Waals surface area (Å²) in [5, 5.41) is 2.68. The Kier molecular flexibility index (Phi) is 5.85. The molecule has 1 amide bonds. The predicted molar refractivity (Wildman–Crippen MR) is 57.9 cm³/mol. The van der Waals surface area contributed by atoms with Crippen molar-refractivity contribution in [1.29, 1.82) is 0 Å². The van der Waals surface area contributed by atoms with Crippen LogP contribution in [0.5, 0.6) is 0 Å². The van der Waals surface area contributed by atoms with Crippen LogP contribution < -0.4 is 5.32 Å². The minimum absolute atomic E-state index is 0.121. The summed E-state index contributed by atoms with van der Waals surface area (Å²) in [4.78, 5) is 22.5. The van der Waals surface area contributed by atoms with Gasteiger partial charge in [0.05, 0.1) is 13.0 Å². The van der Waals surface area contributed by atoms with Gasteiger partial charge in [0.2, 0.25) is 5.91 Å². The van der Waals surface area contributed by atoms with Crippen LogP contribution in [0.15, 0.2) is 0 Å². The monoisotopic (exact) mass is 229 g/mol. The lowest BCUT2D eigenvalue weighted by molar-refractivity contribution is -0.143. The van der Waals surface area contributed by atoms with Crippen LogP contribution in [0.25, 0.3) is 0 Å². The third-order valence-electron chi connectivity index (χ3n) is 2.41. The summed E-state index contributed by atoms with van der Waals surface area (Å²) in [5.41, 5.74) is 0. The van der Waals surface area contributed by atoms with Gasteiger partial charge in [-0.25, -0.2) is 0 Å². The highest BCUT2D eigenvalue weighted by molar-refractivity contribution is 5.81. The van der Waals surface area contributed by atoms with Crippen molar-refractivity contribution in [1.82, 2.24) is 5.32 Å². The first-order valence-electron chi connectivity index (χ1n) is 5.79. The summed E-state index contributed by atoms with van der Waals surface area (Å²) in [7, 11) is 0. The number of hydrogen-bond donors (Lipinski definition) is 1. The van der Waals surface area contributed by atoms with E-state index >= 15 is 0 Å². The second kappa shape index (κ2) is 7.22. The fourth-order valence-electron chi connectivity index (χ4n) is 1.58. The molecule has 1 rings (SSSR count). The van der Waals surface area contributed by atoms with Crippen molar-refractivity contribution >= 4 is 11.9 Å². The number of rotatable bonds is 5. The highest BCUT2D eigenvalue weighted by Gasteiger charge is 2.21. The summed E-state index contributed by atoms with van der Waals surface area (Å²) in [6.45, 7) is 3.10. The first kappa shape index (κ1) is 13.0. The maximum atomic E-state index is 11.5. The van der Waals surface area contributed by atoms with Crippen LogP contribution in [0.2, 0.25) is 0 Å². The lowest BCUT2D eigenvalue weighted by Gasteiger charge is -2.21.